The van der Waals surface area contributed by atoms with Crippen molar-refractivity contribution in [3.63, 3.8) is 0 Å². The fourth-order valence-electron chi connectivity index (χ4n) is 2.39. The summed E-state index contributed by atoms with van der Waals surface area (Å²) >= 11 is 1.46. The molecule has 4 N–H and O–H groups in total. The summed E-state index contributed by atoms with van der Waals surface area (Å²) in [7, 11) is 0. The lowest BCUT2D eigenvalue weighted by Gasteiger charge is -2.27. The Kier molecular flexibility index (Phi) is 5.30. The molecule has 0 saturated heterocycles. The third-order valence-corrected chi connectivity index (χ3v) is 4.44. The first-order chi connectivity index (χ1) is 9.20. The van der Waals surface area contributed by atoms with Gasteiger partial charge < -0.3 is 16.2 Å². The van der Waals surface area contributed by atoms with Crippen molar-refractivity contribution >= 4 is 17.2 Å². The second-order valence-corrected chi connectivity index (χ2v) is 5.93. The van der Waals surface area contributed by atoms with E-state index in [1.54, 1.807) is 5.38 Å². The topological polar surface area (TPSA) is 88.2 Å². The largest absolute Gasteiger partial charge is 0.393 e. The van der Waals surface area contributed by atoms with E-state index in [1.807, 2.05) is 0 Å². The molecule has 0 spiro atoms. The Labute approximate surface area is 117 Å². The predicted octanol–water partition coefficient (Wildman–Crippen LogP) is 0.925. The van der Waals surface area contributed by atoms with E-state index in [1.165, 1.54) is 11.3 Å². The van der Waals surface area contributed by atoms with Crippen LogP contribution >= 0.6 is 11.3 Å². The van der Waals surface area contributed by atoms with Crippen LogP contribution in [-0.2, 0) is 6.42 Å². The zero-order chi connectivity index (χ0) is 13.7. The number of amides is 1. The second-order valence-electron chi connectivity index (χ2n) is 4.99. The molecule has 1 aliphatic rings. The maximum absolute atomic E-state index is 11.9. The summed E-state index contributed by atoms with van der Waals surface area (Å²) in [6.45, 7) is 1.08. The minimum absolute atomic E-state index is 0.155. The molecule has 0 bridgehead atoms. The molecular weight excluding hydrogens is 262 g/mol. The van der Waals surface area contributed by atoms with Crippen LogP contribution in [0.1, 0.15) is 41.2 Å². The average molecular weight is 283 g/mol. The van der Waals surface area contributed by atoms with Crippen molar-refractivity contribution in [2.75, 3.05) is 13.1 Å². The molecule has 1 aliphatic carbocycles. The van der Waals surface area contributed by atoms with Crippen molar-refractivity contribution in [1.29, 1.82) is 0 Å². The van der Waals surface area contributed by atoms with Crippen molar-refractivity contribution in [2.45, 2.75) is 38.2 Å². The number of nitrogens with zero attached hydrogens (tertiary/aromatic N) is 1. The first-order valence-electron chi connectivity index (χ1n) is 6.81. The minimum atomic E-state index is -0.280. The maximum Gasteiger partial charge on any atom is 0.270 e. The number of aliphatic hydroxyl groups is 1. The fraction of sp³-hybridized carbons (Fsp3) is 0.692. The molecule has 0 aromatic carbocycles. The Hall–Kier alpha value is -0.980. The Morgan fingerprint density at radius 2 is 2.32 bits per heavy atom. The quantitative estimate of drug-likeness (QED) is 0.750. The molecular formula is C13H21N3O2S. The van der Waals surface area contributed by atoms with Gasteiger partial charge in [-0.2, -0.15) is 0 Å². The van der Waals surface area contributed by atoms with Gasteiger partial charge in [-0.05, 0) is 19.4 Å². The van der Waals surface area contributed by atoms with Gasteiger partial charge in [0.2, 0.25) is 0 Å². The monoisotopic (exact) mass is 283 g/mol. The van der Waals surface area contributed by atoms with E-state index >= 15 is 0 Å². The summed E-state index contributed by atoms with van der Waals surface area (Å²) < 4.78 is 0. The van der Waals surface area contributed by atoms with E-state index in [4.69, 9.17) is 5.73 Å². The van der Waals surface area contributed by atoms with Gasteiger partial charge in [0.15, 0.2) is 0 Å². The molecule has 1 amide bonds. The number of aromatic nitrogens is 1. The molecule has 106 valence electrons. The molecule has 19 heavy (non-hydrogen) atoms. The van der Waals surface area contributed by atoms with E-state index in [0.29, 0.717) is 25.2 Å². The van der Waals surface area contributed by atoms with Gasteiger partial charge in [0.05, 0.1) is 11.1 Å². The van der Waals surface area contributed by atoms with E-state index < -0.39 is 0 Å². The van der Waals surface area contributed by atoms with Gasteiger partial charge in [-0.1, -0.05) is 12.8 Å². The molecule has 1 fully saturated rings. The highest BCUT2D eigenvalue weighted by Crippen LogP contribution is 2.23. The van der Waals surface area contributed by atoms with Gasteiger partial charge in [0.25, 0.3) is 5.91 Å². The van der Waals surface area contributed by atoms with Crippen molar-refractivity contribution < 1.29 is 9.90 Å². The molecule has 0 radical (unpaired) electrons. The lowest BCUT2D eigenvalue weighted by atomic mass is 9.86. The van der Waals surface area contributed by atoms with E-state index in [2.05, 4.69) is 10.3 Å². The number of hydrogen-bond donors (Lipinski definition) is 3. The SMILES string of the molecule is NCCc1nc(C(=O)NCC2CCCCC2O)cs1. The summed E-state index contributed by atoms with van der Waals surface area (Å²) in [6, 6.07) is 0. The molecule has 1 saturated carbocycles. The number of hydrogen-bond acceptors (Lipinski definition) is 5. The van der Waals surface area contributed by atoms with Crippen LogP contribution < -0.4 is 11.1 Å². The number of aliphatic hydroxyl groups excluding tert-OH is 1. The van der Waals surface area contributed by atoms with Crippen LogP contribution in [0.2, 0.25) is 0 Å². The van der Waals surface area contributed by atoms with Gasteiger partial charge in [-0.25, -0.2) is 4.98 Å². The highest BCUT2D eigenvalue weighted by molar-refractivity contribution is 7.09. The van der Waals surface area contributed by atoms with Crippen LogP contribution in [0.5, 0.6) is 0 Å². The predicted molar refractivity (Wildman–Crippen MR) is 75.2 cm³/mol. The zero-order valence-corrected chi connectivity index (χ0v) is 11.8. The smallest absolute Gasteiger partial charge is 0.270 e. The molecule has 1 heterocycles. The van der Waals surface area contributed by atoms with E-state index in [-0.39, 0.29) is 17.9 Å². The Balaban J connectivity index is 1.82. The summed E-state index contributed by atoms with van der Waals surface area (Å²) in [5, 5.41) is 15.4. The summed E-state index contributed by atoms with van der Waals surface area (Å²) in [5.74, 6) is 0.0251. The third kappa shape index (κ3) is 3.99. The lowest BCUT2D eigenvalue weighted by molar-refractivity contribution is 0.0662. The standard InChI is InChI=1S/C13H21N3O2S/c14-6-5-12-16-10(8-19-12)13(18)15-7-9-3-1-2-4-11(9)17/h8-9,11,17H,1-7,14H2,(H,15,18). The molecule has 2 rings (SSSR count). The van der Waals surface area contributed by atoms with Crippen LogP contribution in [0, 0.1) is 5.92 Å². The van der Waals surface area contributed by atoms with Gasteiger partial charge >= 0.3 is 0 Å². The highest BCUT2D eigenvalue weighted by Gasteiger charge is 2.23. The fourth-order valence-corrected chi connectivity index (χ4v) is 3.19. The molecule has 6 heteroatoms. The highest BCUT2D eigenvalue weighted by atomic mass is 32.1. The van der Waals surface area contributed by atoms with Crippen LogP contribution in [0.15, 0.2) is 5.38 Å². The van der Waals surface area contributed by atoms with Gasteiger partial charge in [0, 0.05) is 24.3 Å². The van der Waals surface area contributed by atoms with Crippen LogP contribution in [0.3, 0.4) is 0 Å². The average Bonchev–Trinajstić information content (AvgIpc) is 2.87. The van der Waals surface area contributed by atoms with Crippen molar-refractivity contribution in [1.82, 2.24) is 10.3 Å². The van der Waals surface area contributed by atoms with Gasteiger partial charge in [-0.15, -0.1) is 11.3 Å². The van der Waals surface area contributed by atoms with E-state index in [0.717, 1.165) is 30.7 Å². The number of nitrogens with one attached hydrogen (secondary N) is 1. The summed E-state index contributed by atoms with van der Waals surface area (Å²) in [6.07, 6.45) is 4.47. The summed E-state index contributed by atoms with van der Waals surface area (Å²) in [4.78, 5) is 16.2. The summed E-state index contributed by atoms with van der Waals surface area (Å²) in [5.41, 5.74) is 5.91. The van der Waals surface area contributed by atoms with Crippen LogP contribution in [-0.4, -0.2) is 35.2 Å². The minimum Gasteiger partial charge on any atom is -0.393 e. The Morgan fingerprint density at radius 3 is 3.05 bits per heavy atom. The van der Waals surface area contributed by atoms with Gasteiger partial charge in [-0.3, -0.25) is 4.79 Å². The van der Waals surface area contributed by atoms with Crippen LogP contribution in [0.25, 0.3) is 0 Å². The molecule has 2 atom stereocenters. The molecule has 5 nitrogen and oxygen atoms in total. The maximum atomic E-state index is 11.9. The van der Waals surface area contributed by atoms with Crippen molar-refractivity contribution in [2.24, 2.45) is 11.7 Å². The second kappa shape index (κ2) is 6.98. The zero-order valence-electron chi connectivity index (χ0n) is 11.0. The number of carbonyl (C=O) groups is 1. The van der Waals surface area contributed by atoms with Crippen LogP contribution in [0.4, 0.5) is 0 Å². The number of nitrogens with two attached hydrogens (primary N) is 1. The lowest BCUT2D eigenvalue weighted by Crippen LogP contribution is -2.36. The van der Waals surface area contributed by atoms with Gasteiger partial charge in [0.1, 0.15) is 5.69 Å². The first kappa shape index (κ1) is 14.4. The molecule has 2 unspecified atom stereocenters. The molecule has 1 aromatic heterocycles. The third-order valence-electron chi connectivity index (χ3n) is 3.54. The van der Waals surface area contributed by atoms with Crippen molar-refractivity contribution in [3.8, 4) is 0 Å². The van der Waals surface area contributed by atoms with Crippen molar-refractivity contribution in [3.05, 3.63) is 16.1 Å². The molecule has 0 aliphatic heterocycles. The Bertz CT molecular complexity index is 422. The van der Waals surface area contributed by atoms with E-state index in [9.17, 15) is 9.90 Å². The first-order valence-corrected chi connectivity index (χ1v) is 7.69. The Morgan fingerprint density at radius 1 is 1.53 bits per heavy atom. The number of rotatable bonds is 5. The number of thiazole rings is 1. The number of carbonyl (C=O) groups excluding carboxylic acids is 1. The normalized spacial score (nSPS) is 23.3. The molecule has 1 aromatic rings.